The van der Waals surface area contributed by atoms with Gasteiger partial charge in [0.05, 0.1) is 17.0 Å². The minimum absolute atomic E-state index is 0.000409. The van der Waals surface area contributed by atoms with Crippen molar-refractivity contribution in [2.24, 2.45) is 0 Å². The fourth-order valence-corrected chi connectivity index (χ4v) is 14.0. The molecule has 4 aromatic heterocycles. The summed E-state index contributed by atoms with van der Waals surface area (Å²) in [4.78, 5) is 32.9. The van der Waals surface area contributed by atoms with Crippen LogP contribution in [0.1, 0.15) is 33.7 Å². The molecule has 11 rings (SSSR count). The first-order chi connectivity index (χ1) is 31.2. The number of aryl methyl sites for hydroxylation is 2. The van der Waals surface area contributed by atoms with Crippen LogP contribution < -0.4 is 10.9 Å². The molecule has 0 fully saturated rings. The molecule has 0 atom stereocenters. The summed E-state index contributed by atoms with van der Waals surface area (Å²) in [7, 11) is 0. The number of fused-ring (bicyclic) bond motifs is 4. The molecule has 9 heteroatoms. The van der Waals surface area contributed by atoms with Crippen LogP contribution in [0.25, 0.3) is 83.5 Å². The normalized spacial score (nSPS) is 11.7. The average Bonchev–Trinajstić information content (AvgIpc) is 3.91. The molecule has 0 radical (unpaired) electrons. The summed E-state index contributed by atoms with van der Waals surface area (Å²) >= 11 is 5.54. The van der Waals surface area contributed by atoms with Gasteiger partial charge in [0.1, 0.15) is 5.75 Å². The third-order valence-corrected chi connectivity index (χ3v) is 17.2. The smallest absolute Gasteiger partial charge is 0.196 e. The summed E-state index contributed by atoms with van der Waals surface area (Å²) in [6, 6.07) is 50.9. The Kier molecular flexibility index (Phi) is 9.81. The van der Waals surface area contributed by atoms with Crippen LogP contribution in [0.3, 0.4) is 0 Å². The third kappa shape index (κ3) is 6.38. The highest BCUT2D eigenvalue weighted by molar-refractivity contribution is 7.25. The second kappa shape index (κ2) is 15.7. The zero-order chi connectivity index (χ0) is 43.8. The van der Waals surface area contributed by atoms with Gasteiger partial charge in [-0.3, -0.25) is 9.59 Å². The summed E-state index contributed by atoms with van der Waals surface area (Å²) in [5.41, 5.74) is 7.51. The molecule has 4 heterocycles. The number of rotatable bonds is 7. The molecule has 64 heavy (non-hydrogen) atoms. The van der Waals surface area contributed by atoms with E-state index in [9.17, 15) is 15.3 Å². The van der Waals surface area contributed by atoms with E-state index in [-0.39, 0.29) is 27.0 Å². The van der Waals surface area contributed by atoms with E-state index in [1.54, 1.807) is 34.8 Å². The molecular weight excluding hydrogens is 869 g/mol. The SMILES string of the molecule is Cc1c2sc(-c3ccccc3)c(-c3ccccc3)c2cc2c(=O)c(C(c3ccc(O)cc3)c3c(O)sc4c(C)c5sc(-c6ccccc6)c(-c6ccccc6)c5cc4c3=O)c(O)sc12. The number of benzene rings is 7. The summed E-state index contributed by atoms with van der Waals surface area (Å²) < 4.78 is 3.32. The van der Waals surface area contributed by atoms with E-state index in [1.165, 1.54) is 12.1 Å². The number of hydrogen-bond acceptors (Lipinski definition) is 9. The maximum atomic E-state index is 15.4. The molecule has 0 aliphatic heterocycles. The van der Waals surface area contributed by atoms with Crippen molar-refractivity contribution in [3.05, 3.63) is 206 Å². The van der Waals surface area contributed by atoms with Crippen molar-refractivity contribution in [3.8, 4) is 59.0 Å². The van der Waals surface area contributed by atoms with Crippen molar-refractivity contribution in [3.63, 3.8) is 0 Å². The molecule has 0 unspecified atom stereocenters. The maximum Gasteiger partial charge on any atom is 0.196 e. The highest BCUT2D eigenvalue weighted by Crippen LogP contribution is 2.52. The molecule has 0 saturated carbocycles. The lowest BCUT2D eigenvalue weighted by molar-refractivity contribution is 0.472. The molecule has 0 amide bonds. The second-order valence-corrected chi connectivity index (χ2v) is 20.0. The molecule has 0 aliphatic rings. The summed E-state index contributed by atoms with van der Waals surface area (Å²) in [5.74, 6) is -1.18. The van der Waals surface area contributed by atoms with Gasteiger partial charge in [-0.2, -0.15) is 0 Å². The zero-order valence-electron chi connectivity index (χ0n) is 34.4. The van der Waals surface area contributed by atoms with Crippen LogP contribution in [-0.4, -0.2) is 15.3 Å². The monoisotopic (exact) mass is 904 g/mol. The highest BCUT2D eigenvalue weighted by atomic mass is 32.1. The molecule has 0 aliphatic carbocycles. The van der Waals surface area contributed by atoms with E-state index >= 15 is 9.59 Å². The number of phenols is 1. The minimum Gasteiger partial charge on any atom is -0.508 e. The molecule has 0 spiro atoms. The quantitative estimate of drug-likeness (QED) is 0.148. The molecule has 5 nitrogen and oxygen atoms in total. The van der Waals surface area contributed by atoms with Gasteiger partial charge in [0.25, 0.3) is 0 Å². The van der Waals surface area contributed by atoms with Crippen LogP contribution in [0.2, 0.25) is 0 Å². The van der Waals surface area contributed by atoms with Crippen LogP contribution in [0.15, 0.2) is 167 Å². The van der Waals surface area contributed by atoms with Gasteiger partial charge in [-0.15, -0.1) is 22.7 Å². The van der Waals surface area contributed by atoms with Gasteiger partial charge < -0.3 is 15.3 Å². The molecule has 310 valence electrons. The largest absolute Gasteiger partial charge is 0.508 e. The molecule has 11 aromatic rings. The van der Waals surface area contributed by atoms with E-state index in [1.807, 2.05) is 98.8 Å². The van der Waals surface area contributed by atoms with Crippen LogP contribution in [0.4, 0.5) is 0 Å². The topological polar surface area (TPSA) is 94.8 Å². The van der Waals surface area contributed by atoms with E-state index in [0.29, 0.717) is 25.7 Å². The Labute approximate surface area is 383 Å². The number of thiophene rings is 2. The predicted octanol–water partition coefficient (Wildman–Crippen LogP) is 14.8. The highest BCUT2D eigenvalue weighted by Gasteiger charge is 2.33. The third-order valence-electron chi connectivity index (χ3n) is 12.2. The van der Waals surface area contributed by atoms with Crippen LogP contribution in [-0.2, 0) is 0 Å². The standard InChI is InChI=1S/C55H36O5S4/c1-29-48-37(41(31-15-7-3-8-16-31)52(61-48)34-19-11-5-12-20-34)27-39-46(57)44(54(59)63-50(29)39)43(33-23-25-36(56)26-24-33)45-47(58)40-28-38-42(32-17-9-4-10-18-32)53(35-21-13-6-14-22-35)62-49(38)30(2)51(40)64-55(45)60/h3-28,43,56,59-60H,1-2H3. The molecule has 3 N–H and O–H groups in total. The Morgan fingerprint density at radius 1 is 0.406 bits per heavy atom. The predicted molar refractivity (Wildman–Crippen MR) is 271 cm³/mol. The van der Waals surface area contributed by atoms with Gasteiger partial charge in [0, 0.05) is 61.2 Å². The van der Waals surface area contributed by atoms with E-state index in [4.69, 9.17) is 0 Å². The molecule has 0 saturated heterocycles. The Hall–Kier alpha value is -6.88. The maximum absolute atomic E-state index is 15.4. The van der Waals surface area contributed by atoms with Gasteiger partial charge in [-0.1, -0.05) is 156 Å². The van der Waals surface area contributed by atoms with E-state index in [2.05, 4.69) is 48.5 Å². The number of hydrogen-bond donors (Lipinski definition) is 3. The lowest BCUT2D eigenvalue weighted by Crippen LogP contribution is -2.21. The van der Waals surface area contributed by atoms with Gasteiger partial charge in [0.15, 0.2) is 21.0 Å². The average molecular weight is 905 g/mol. The Morgan fingerprint density at radius 3 is 1.12 bits per heavy atom. The van der Waals surface area contributed by atoms with Crippen molar-refractivity contribution in [1.82, 2.24) is 0 Å². The first kappa shape index (κ1) is 39.9. The van der Waals surface area contributed by atoms with E-state index < -0.39 is 16.8 Å². The van der Waals surface area contributed by atoms with Crippen LogP contribution in [0.5, 0.6) is 15.9 Å². The fourth-order valence-electron chi connectivity index (χ4n) is 9.16. The minimum atomic E-state index is -1.18. The lowest BCUT2D eigenvalue weighted by Gasteiger charge is -2.21. The summed E-state index contributed by atoms with van der Waals surface area (Å²) in [6.45, 7) is 3.98. The van der Waals surface area contributed by atoms with Crippen molar-refractivity contribution >= 4 is 85.7 Å². The van der Waals surface area contributed by atoms with Crippen LogP contribution in [0, 0.1) is 13.8 Å². The van der Waals surface area contributed by atoms with Crippen molar-refractivity contribution < 1.29 is 15.3 Å². The van der Waals surface area contributed by atoms with Crippen LogP contribution >= 0.6 is 45.3 Å². The van der Waals surface area contributed by atoms with E-state index in [0.717, 1.165) is 97.1 Å². The van der Waals surface area contributed by atoms with Crippen molar-refractivity contribution in [1.29, 1.82) is 0 Å². The second-order valence-electron chi connectivity index (χ2n) is 15.9. The Bertz CT molecular complexity index is 3510. The summed E-state index contributed by atoms with van der Waals surface area (Å²) in [5, 5.41) is 37.0. The lowest BCUT2D eigenvalue weighted by atomic mass is 9.85. The number of aromatic hydroxyl groups is 3. The molecule has 7 aromatic carbocycles. The fraction of sp³-hybridized carbons (Fsp3) is 0.0545. The first-order valence-electron chi connectivity index (χ1n) is 20.7. The van der Waals surface area contributed by atoms with Crippen molar-refractivity contribution in [2.75, 3.05) is 0 Å². The van der Waals surface area contributed by atoms with Crippen molar-refractivity contribution in [2.45, 2.75) is 19.8 Å². The van der Waals surface area contributed by atoms with Gasteiger partial charge >= 0.3 is 0 Å². The molecular formula is C55H36O5S4. The summed E-state index contributed by atoms with van der Waals surface area (Å²) in [6.07, 6.45) is 0. The van der Waals surface area contributed by atoms with Gasteiger partial charge in [-0.25, -0.2) is 0 Å². The van der Waals surface area contributed by atoms with Gasteiger partial charge in [-0.05, 0) is 77.1 Å². The zero-order valence-corrected chi connectivity index (χ0v) is 37.6. The van der Waals surface area contributed by atoms with Gasteiger partial charge in [0.2, 0.25) is 0 Å². The number of phenolic OH excluding ortho intramolecular Hbond substituents is 1. The molecule has 0 bridgehead atoms. The Morgan fingerprint density at radius 2 is 0.750 bits per heavy atom. The Balaban J connectivity index is 1.20. The first-order valence-corrected chi connectivity index (χ1v) is 24.0.